The van der Waals surface area contributed by atoms with Crippen LogP contribution in [0.15, 0.2) is 36.4 Å². The molecule has 25 heavy (non-hydrogen) atoms. The number of nitrogens with one attached hydrogen (secondary N) is 1. The largest absolute Gasteiger partial charge is 0.490 e. The molecular formula is C19H23ClFNO3. The highest BCUT2D eigenvalue weighted by molar-refractivity contribution is 6.31. The van der Waals surface area contributed by atoms with Crippen LogP contribution in [0.1, 0.15) is 25.0 Å². The molecule has 0 aliphatic carbocycles. The van der Waals surface area contributed by atoms with E-state index in [0.29, 0.717) is 41.8 Å². The first kappa shape index (κ1) is 19.5. The van der Waals surface area contributed by atoms with Gasteiger partial charge in [-0.2, -0.15) is 0 Å². The van der Waals surface area contributed by atoms with Gasteiger partial charge in [-0.3, -0.25) is 0 Å². The molecule has 0 fully saturated rings. The van der Waals surface area contributed by atoms with Gasteiger partial charge in [0, 0.05) is 29.7 Å². The first-order chi connectivity index (χ1) is 12.0. The Kier molecular flexibility index (Phi) is 7.50. The number of aliphatic hydroxyl groups is 1. The van der Waals surface area contributed by atoms with Crippen molar-refractivity contribution < 1.29 is 19.0 Å². The van der Waals surface area contributed by atoms with Crippen LogP contribution < -0.4 is 14.8 Å². The van der Waals surface area contributed by atoms with Crippen molar-refractivity contribution in [3.05, 3.63) is 58.4 Å². The van der Waals surface area contributed by atoms with Crippen molar-refractivity contribution in [2.24, 2.45) is 0 Å². The van der Waals surface area contributed by atoms with Crippen LogP contribution in [-0.2, 0) is 13.2 Å². The highest BCUT2D eigenvalue weighted by Gasteiger charge is 2.12. The van der Waals surface area contributed by atoms with Crippen molar-refractivity contribution in [2.45, 2.75) is 33.1 Å². The van der Waals surface area contributed by atoms with Crippen LogP contribution in [0.2, 0.25) is 5.02 Å². The first-order valence-electron chi connectivity index (χ1n) is 8.21. The Morgan fingerprint density at radius 1 is 1.16 bits per heavy atom. The van der Waals surface area contributed by atoms with Crippen molar-refractivity contribution >= 4 is 11.6 Å². The van der Waals surface area contributed by atoms with E-state index >= 15 is 0 Å². The Labute approximate surface area is 152 Å². The maximum Gasteiger partial charge on any atom is 0.163 e. The third-order valence-electron chi connectivity index (χ3n) is 3.51. The quantitative estimate of drug-likeness (QED) is 0.705. The molecule has 0 bridgehead atoms. The second kappa shape index (κ2) is 9.61. The van der Waals surface area contributed by atoms with Gasteiger partial charge in [-0.25, -0.2) is 4.39 Å². The average molecular weight is 368 g/mol. The molecule has 1 unspecified atom stereocenters. The molecule has 0 saturated carbocycles. The molecule has 0 amide bonds. The van der Waals surface area contributed by atoms with E-state index in [4.69, 9.17) is 21.1 Å². The summed E-state index contributed by atoms with van der Waals surface area (Å²) < 4.78 is 25.1. The highest BCUT2D eigenvalue weighted by Crippen LogP contribution is 2.34. The molecule has 0 radical (unpaired) electrons. The van der Waals surface area contributed by atoms with Crippen molar-refractivity contribution in [3.8, 4) is 11.5 Å². The van der Waals surface area contributed by atoms with Gasteiger partial charge >= 0.3 is 0 Å². The number of hydrogen-bond donors (Lipinski definition) is 2. The fourth-order valence-electron chi connectivity index (χ4n) is 2.28. The zero-order chi connectivity index (χ0) is 18.2. The summed E-state index contributed by atoms with van der Waals surface area (Å²) in [4.78, 5) is 0. The molecule has 0 saturated heterocycles. The van der Waals surface area contributed by atoms with Crippen molar-refractivity contribution in [1.29, 1.82) is 0 Å². The van der Waals surface area contributed by atoms with Gasteiger partial charge < -0.3 is 19.9 Å². The summed E-state index contributed by atoms with van der Waals surface area (Å²) in [5, 5.41) is 12.9. The van der Waals surface area contributed by atoms with E-state index in [-0.39, 0.29) is 12.4 Å². The van der Waals surface area contributed by atoms with Crippen molar-refractivity contribution in [3.63, 3.8) is 0 Å². The van der Waals surface area contributed by atoms with E-state index in [1.54, 1.807) is 37.3 Å². The second-order valence-corrected chi connectivity index (χ2v) is 6.09. The summed E-state index contributed by atoms with van der Waals surface area (Å²) in [7, 11) is 0. The van der Waals surface area contributed by atoms with E-state index in [0.717, 1.165) is 5.56 Å². The molecule has 0 aromatic heterocycles. The number of aliphatic hydroxyl groups excluding tert-OH is 1. The highest BCUT2D eigenvalue weighted by atomic mass is 35.5. The van der Waals surface area contributed by atoms with E-state index in [2.05, 4.69) is 5.32 Å². The van der Waals surface area contributed by atoms with Gasteiger partial charge in [-0.1, -0.05) is 29.8 Å². The lowest BCUT2D eigenvalue weighted by molar-refractivity contribution is 0.191. The number of benzene rings is 2. The summed E-state index contributed by atoms with van der Waals surface area (Å²) in [6.45, 7) is 5.10. The van der Waals surface area contributed by atoms with Gasteiger partial charge in [-0.15, -0.1) is 0 Å². The second-order valence-electron chi connectivity index (χ2n) is 5.68. The molecule has 0 spiro atoms. The van der Waals surface area contributed by atoms with Crippen LogP contribution in [0.3, 0.4) is 0 Å². The molecule has 1 atom stereocenters. The monoisotopic (exact) mass is 367 g/mol. The molecule has 0 heterocycles. The first-order valence-corrected chi connectivity index (χ1v) is 8.59. The number of ether oxygens (including phenoxy) is 2. The molecule has 136 valence electrons. The van der Waals surface area contributed by atoms with Crippen LogP contribution in [0.25, 0.3) is 0 Å². The predicted molar refractivity (Wildman–Crippen MR) is 96.7 cm³/mol. The Hall–Kier alpha value is -1.82. The zero-order valence-corrected chi connectivity index (χ0v) is 15.1. The van der Waals surface area contributed by atoms with Crippen LogP contribution in [0, 0.1) is 5.82 Å². The van der Waals surface area contributed by atoms with Crippen LogP contribution >= 0.6 is 11.6 Å². The van der Waals surface area contributed by atoms with E-state index in [1.165, 1.54) is 6.07 Å². The number of hydrogen-bond acceptors (Lipinski definition) is 4. The van der Waals surface area contributed by atoms with Gasteiger partial charge in [0.25, 0.3) is 0 Å². The molecule has 0 aliphatic heterocycles. The lowest BCUT2D eigenvalue weighted by Gasteiger charge is -2.16. The molecule has 0 aliphatic rings. The zero-order valence-electron chi connectivity index (χ0n) is 14.4. The Morgan fingerprint density at radius 3 is 2.56 bits per heavy atom. The average Bonchev–Trinajstić information content (AvgIpc) is 2.57. The van der Waals surface area contributed by atoms with Crippen molar-refractivity contribution in [1.82, 2.24) is 5.32 Å². The Balaban J connectivity index is 2.13. The Morgan fingerprint density at radius 2 is 1.88 bits per heavy atom. The fourth-order valence-corrected chi connectivity index (χ4v) is 2.50. The topological polar surface area (TPSA) is 50.7 Å². The minimum atomic E-state index is -0.437. The lowest BCUT2D eigenvalue weighted by atomic mass is 10.2. The number of rotatable bonds is 9. The standard InChI is InChI=1S/C19H23ClFNO3/c1-3-24-18-8-15(11-22-10-13(2)23)16(20)9-19(18)25-12-14-6-4-5-7-17(14)21/h4-9,13,22-23H,3,10-12H2,1-2H3. The molecule has 2 N–H and O–H groups in total. The molecular weight excluding hydrogens is 345 g/mol. The maximum absolute atomic E-state index is 13.7. The lowest BCUT2D eigenvalue weighted by Crippen LogP contribution is -2.24. The maximum atomic E-state index is 13.7. The third kappa shape index (κ3) is 5.88. The van der Waals surface area contributed by atoms with Crippen molar-refractivity contribution in [2.75, 3.05) is 13.2 Å². The minimum Gasteiger partial charge on any atom is -0.490 e. The van der Waals surface area contributed by atoms with Gasteiger partial charge in [0.2, 0.25) is 0 Å². The molecule has 2 rings (SSSR count). The third-order valence-corrected chi connectivity index (χ3v) is 3.86. The van der Waals surface area contributed by atoms with Crippen LogP contribution in [0.5, 0.6) is 11.5 Å². The fraction of sp³-hybridized carbons (Fsp3) is 0.368. The molecule has 2 aromatic rings. The van der Waals surface area contributed by atoms with E-state index in [1.807, 2.05) is 6.92 Å². The molecule has 6 heteroatoms. The predicted octanol–water partition coefficient (Wildman–Crippen LogP) is 3.93. The van der Waals surface area contributed by atoms with Gasteiger partial charge in [0.05, 0.1) is 12.7 Å². The van der Waals surface area contributed by atoms with Crippen LogP contribution in [0.4, 0.5) is 4.39 Å². The van der Waals surface area contributed by atoms with E-state index in [9.17, 15) is 9.50 Å². The number of halogens is 2. The normalized spacial score (nSPS) is 12.0. The SMILES string of the molecule is CCOc1cc(CNCC(C)O)c(Cl)cc1OCc1ccccc1F. The summed E-state index contributed by atoms with van der Waals surface area (Å²) in [5.41, 5.74) is 1.30. The molecule has 4 nitrogen and oxygen atoms in total. The Bertz CT molecular complexity index is 694. The molecule has 2 aromatic carbocycles. The van der Waals surface area contributed by atoms with Gasteiger partial charge in [-0.05, 0) is 31.5 Å². The minimum absolute atomic E-state index is 0.0860. The summed E-state index contributed by atoms with van der Waals surface area (Å²) in [6, 6.07) is 9.94. The summed E-state index contributed by atoms with van der Waals surface area (Å²) >= 11 is 6.32. The van der Waals surface area contributed by atoms with Crippen LogP contribution in [-0.4, -0.2) is 24.4 Å². The smallest absolute Gasteiger partial charge is 0.163 e. The van der Waals surface area contributed by atoms with E-state index < -0.39 is 6.10 Å². The van der Waals surface area contributed by atoms with Gasteiger partial charge in [0.15, 0.2) is 11.5 Å². The summed E-state index contributed by atoms with van der Waals surface area (Å²) in [5.74, 6) is 0.706. The summed E-state index contributed by atoms with van der Waals surface area (Å²) in [6.07, 6.45) is -0.437. The van der Waals surface area contributed by atoms with Gasteiger partial charge in [0.1, 0.15) is 12.4 Å².